The molecule has 0 unspecified atom stereocenters. The number of benzene rings is 1. The zero-order valence-corrected chi connectivity index (χ0v) is 11.4. The van der Waals surface area contributed by atoms with Crippen molar-refractivity contribution in [2.75, 3.05) is 6.54 Å². The van der Waals surface area contributed by atoms with Crippen LogP contribution in [0.5, 0.6) is 0 Å². The van der Waals surface area contributed by atoms with Gasteiger partial charge >= 0.3 is 10.2 Å². The van der Waals surface area contributed by atoms with Gasteiger partial charge in [-0.1, -0.05) is 36.8 Å². The van der Waals surface area contributed by atoms with Gasteiger partial charge in [0.1, 0.15) is 12.0 Å². The van der Waals surface area contributed by atoms with Crippen molar-refractivity contribution < 1.29 is 8.42 Å². The number of fused-ring (bicyclic) bond motifs is 1. The van der Waals surface area contributed by atoms with Crippen molar-refractivity contribution in [1.82, 2.24) is 9.62 Å². The highest BCUT2D eigenvalue weighted by Crippen LogP contribution is 2.27. The zero-order chi connectivity index (χ0) is 13.3. The number of amidine groups is 1. The molecule has 0 radical (unpaired) electrons. The van der Waals surface area contributed by atoms with Gasteiger partial charge in [-0.3, -0.25) is 0 Å². The van der Waals surface area contributed by atoms with Crippen molar-refractivity contribution in [3.8, 4) is 0 Å². The van der Waals surface area contributed by atoms with Crippen LogP contribution in [0.4, 0.5) is 0 Å². The summed E-state index contributed by atoms with van der Waals surface area (Å²) < 4.78 is 30.3. The Balaban J connectivity index is 2.02. The standard InChI is InChI=1S/C13H17N3O2S/c17-19(18)14-12-9-5-2-6-10-16(12)13(15-19)11-7-3-1-4-8-11/h1,3-4,7-8,13,15H,2,5-6,9-10H2/t13-/m1/s1. The molecule has 19 heavy (non-hydrogen) atoms. The molecule has 0 amide bonds. The molecular formula is C13H17N3O2S. The molecule has 1 aromatic rings. The zero-order valence-electron chi connectivity index (χ0n) is 10.6. The van der Waals surface area contributed by atoms with Crippen molar-refractivity contribution in [1.29, 1.82) is 0 Å². The molecule has 0 saturated carbocycles. The monoisotopic (exact) mass is 279 g/mol. The molecule has 0 spiro atoms. The van der Waals surface area contributed by atoms with Gasteiger partial charge in [-0.2, -0.15) is 13.1 Å². The molecule has 1 fully saturated rings. The summed E-state index contributed by atoms with van der Waals surface area (Å²) in [6.07, 6.45) is 3.62. The molecule has 1 atom stereocenters. The number of rotatable bonds is 1. The lowest BCUT2D eigenvalue weighted by Crippen LogP contribution is -2.48. The first-order valence-electron chi connectivity index (χ1n) is 6.58. The fourth-order valence-corrected chi connectivity index (χ4v) is 3.72. The molecule has 1 saturated heterocycles. The lowest BCUT2D eigenvalue weighted by molar-refractivity contribution is 0.292. The van der Waals surface area contributed by atoms with Gasteiger partial charge in [0.25, 0.3) is 0 Å². The third kappa shape index (κ3) is 2.64. The summed E-state index contributed by atoms with van der Waals surface area (Å²) in [6, 6.07) is 9.67. The Labute approximate surface area is 113 Å². The molecule has 5 nitrogen and oxygen atoms in total. The molecular weight excluding hydrogens is 262 g/mol. The van der Waals surface area contributed by atoms with Crippen molar-refractivity contribution in [3.63, 3.8) is 0 Å². The summed E-state index contributed by atoms with van der Waals surface area (Å²) in [5.74, 6) is 0.699. The van der Waals surface area contributed by atoms with Crippen LogP contribution in [0, 0.1) is 0 Å². The van der Waals surface area contributed by atoms with Gasteiger partial charge in [-0.25, -0.2) is 0 Å². The fraction of sp³-hybridized carbons (Fsp3) is 0.462. The summed E-state index contributed by atoms with van der Waals surface area (Å²) >= 11 is 0. The van der Waals surface area contributed by atoms with Crippen LogP contribution in [0.25, 0.3) is 0 Å². The molecule has 0 aromatic heterocycles. The minimum atomic E-state index is -3.57. The molecule has 1 aromatic carbocycles. The molecule has 102 valence electrons. The van der Waals surface area contributed by atoms with Crippen molar-refractivity contribution in [2.45, 2.75) is 31.8 Å². The van der Waals surface area contributed by atoms with E-state index < -0.39 is 10.2 Å². The molecule has 2 aliphatic rings. The Hall–Kier alpha value is -1.40. The van der Waals surface area contributed by atoms with E-state index in [4.69, 9.17) is 0 Å². The highest BCUT2D eigenvalue weighted by molar-refractivity contribution is 7.88. The molecule has 6 heteroatoms. The maximum absolute atomic E-state index is 11.9. The maximum atomic E-state index is 11.9. The fourth-order valence-electron chi connectivity index (χ4n) is 2.64. The van der Waals surface area contributed by atoms with E-state index in [1.807, 2.05) is 30.3 Å². The van der Waals surface area contributed by atoms with E-state index in [0.29, 0.717) is 5.84 Å². The van der Waals surface area contributed by atoms with Crippen molar-refractivity contribution >= 4 is 16.0 Å². The van der Waals surface area contributed by atoms with Crippen LogP contribution in [0.15, 0.2) is 34.7 Å². The van der Waals surface area contributed by atoms with Crippen molar-refractivity contribution in [2.24, 2.45) is 4.40 Å². The minimum absolute atomic E-state index is 0.322. The second kappa shape index (κ2) is 4.94. The van der Waals surface area contributed by atoms with E-state index in [1.165, 1.54) is 0 Å². The van der Waals surface area contributed by atoms with E-state index in [2.05, 4.69) is 14.0 Å². The van der Waals surface area contributed by atoms with Crippen LogP contribution >= 0.6 is 0 Å². The Morgan fingerprint density at radius 2 is 1.95 bits per heavy atom. The number of nitrogens with zero attached hydrogens (tertiary/aromatic N) is 2. The van der Waals surface area contributed by atoms with Crippen LogP contribution in [0.1, 0.15) is 37.4 Å². The van der Waals surface area contributed by atoms with Gasteiger partial charge in [0.2, 0.25) is 0 Å². The summed E-state index contributed by atoms with van der Waals surface area (Å²) in [5, 5.41) is 0. The average Bonchev–Trinajstić information content (AvgIpc) is 2.63. The second-order valence-corrected chi connectivity index (χ2v) is 6.29. The summed E-state index contributed by atoms with van der Waals surface area (Å²) in [6.45, 7) is 0.848. The highest BCUT2D eigenvalue weighted by Gasteiger charge is 2.33. The van der Waals surface area contributed by atoms with Gasteiger partial charge < -0.3 is 4.90 Å². The van der Waals surface area contributed by atoms with Crippen LogP contribution in [-0.4, -0.2) is 25.7 Å². The summed E-state index contributed by atoms with van der Waals surface area (Å²) in [5.41, 5.74) is 0.959. The molecule has 3 rings (SSSR count). The first-order chi connectivity index (χ1) is 9.16. The molecule has 0 aliphatic carbocycles. The topological polar surface area (TPSA) is 61.8 Å². The third-order valence-electron chi connectivity index (χ3n) is 3.54. The first kappa shape index (κ1) is 12.6. The Kier molecular flexibility index (Phi) is 3.28. The van der Waals surface area contributed by atoms with Gasteiger partial charge in [0.05, 0.1) is 0 Å². The number of hydrogen-bond acceptors (Lipinski definition) is 3. The van der Waals surface area contributed by atoms with E-state index in [-0.39, 0.29) is 6.17 Å². The van der Waals surface area contributed by atoms with E-state index in [0.717, 1.165) is 37.8 Å². The molecule has 1 N–H and O–H groups in total. The van der Waals surface area contributed by atoms with Gasteiger partial charge in [-0.05, 0) is 18.4 Å². The smallest absolute Gasteiger partial charge is 0.323 e. The van der Waals surface area contributed by atoms with E-state index in [1.54, 1.807) is 0 Å². The van der Waals surface area contributed by atoms with Crippen molar-refractivity contribution in [3.05, 3.63) is 35.9 Å². The quantitative estimate of drug-likeness (QED) is 0.852. The predicted molar refractivity (Wildman–Crippen MR) is 73.8 cm³/mol. The van der Waals surface area contributed by atoms with Gasteiger partial charge in [0, 0.05) is 13.0 Å². The van der Waals surface area contributed by atoms with Crippen LogP contribution in [0.2, 0.25) is 0 Å². The normalized spacial score (nSPS) is 26.2. The Morgan fingerprint density at radius 3 is 2.74 bits per heavy atom. The number of nitrogens with one attached hydrogen (secondary N) is 1. The molecule has 0 bridgehead atoms. The van der Waals surface area contributed by atoms with E-state index in [9.17, 15) is 8.42 Å². The lowest BCUT2D eigenvalue weighted by Gasteiger charge is -2.36. The highest BCUT2D eigenvalue weighted by atomic mass is 32.2. The largest absolute Gasteiger partial charge is 0.339 e. The lowest BCUT2D eigenvalue weighted by atomic mass is 10.1. The third-order valence-corrected chi connectivity index (χ3v) is 4.52. The number of hydrogen-bond donors (Lipinski definition) is 1. The first-order valence-corrected chi connectivity index (χ1v) is 8.02. The van der Waals surface area contributed by atoms with Crippen LogP contribution in [0.3, 0.4) is 0 Å². The SMILES string of the molecule is O=S1(=O)N=C2CCCCCN2[C@H](c2ccccc2)N1. The Bertz CT molecular complexity index is 583. The minimum Gasteiger partial charge on any atom is -0.339 e. The predicted octanol–water partition coefficient (Wildman–Crippen LogP) is 1.81. The van der Waals surface area contributed by atoms with E-state index >= 15 is 0 Å². The molecule has 2 heterocycles. The van der Waals surface area contributed by atoms with Crippen LogP contribution < -0.4 is 4.72 Å². The summed E-state index contributed by atoms with van der Waals surface area (Å²) in [4.78, 5) is 2.09. The van der Waals surface area contributed by atoms with Crippen LogP contribution in [-0.2, 0) is 10.2 Å². The summed E-state index contributed by atoms with van der Waals surface area (Å²) in [7, 11) is -3.57. The maximum Gasteiger partial charge on any atom is 0.323 e. The van der Waals surface area contributed by atoms with Gasteiger partial charge in [0.15, 0.2) is 0 Å². The Morgan fingerprint density at radius 1 is 1.16 bits per heavy atom. The van der Waals surface area contributed by atoms with Gasteiger partial charge in [-0.15, -0.1) is 4.40 Å². The molecule has 2 aliphatic heterocycles. The average molecular weight is 279 g/mol. The second-order valence-electron chi connectivity index (χ2n) is 4.92.